The van der Waals surface area contributed by atoms with Crippen molar-refractivity contribution < 1.29 is 4.79 Å². The molecule has 0 radical (unpaired) electrons. The van der Waals surface area contributed by atoms with Crippen LogP contribution in [0.25, 0.3) is 0 Å². The minimum absolute atomic E-state index is 0.0768. The third-order valence-corrected chi connectivity index (χ3v) is 2.63. The number of carbonyl (C=O) groups is 1. The minimum atomic E-state index is -0.0768. The summed E-state index contributed by atoms with van der Waals surface area (Å²) in [6.07, 6.45) is 3.59. The van der Waals surface area contributed by atoms with Crippen molar-refractivity contribution in [3.63, 3.8) is 0 Å². The summed E-state index contributed by atoms with van der Waals surface area (Å²) in [5.41, 5.74) is 1.48. The number of amides is 1. The van der Waals surface area contributed by atoms with Gasteiger partial charge in [0.25, 0.3) is 5.91 Å². The summed E-state index contributed by atoms with van der Waals surface area (Å²) in [6, 6.07) is 9.28. The van der Waals surface area contributed by atoms with Crippen molar-refractivity contribution >= 4 is 11.6 Å². The quantitative estimate of drug-likeness (QED) is 0.834. The van der Waals surface area contributed by atoms with Gasteiger partial charge in [-0.2, -0.15) is 5.10 Å². The predicted octanol–water partition coefficient (Wildman–Crippen LogP) is 1.35. The van der Waals surface area contributed by atoms with E-state index in [2.05, 4.69) is 15.7 Å². The Labute approximate surface area is 106 Å². The summed E-state index contributed by atoms with van der Waals surface area (Å²) in [5.74, 6) is -0.0768. The molecular weight excluding hydrogens is 228 g/mol. The maximum atomic E-state index is 12.0. The third kappa shape index (κ3) is 2.88. The molecule has 94 valence electrons. The van der Waals surface area contributed by atoms with E-state index in [0.29, 0.717) is 18.7 Å². The number of aromatic nitrogens is 2. The van der Waals surface area contributed by atoms with Gasteiger partial charge < -0.3 is 10.6 Å². The summed E-state index contributed by atoms with van der Waals surface area (Å²) < 4.78 is 1.78. The van der Waals surface area contributed by atoms with Crippen molar-refractivity contribution in [2.24, 2.45) is 0 Å². The van der Waals surface area contributed by atoms with Gasteiger partial charge in [-0.15, -0.1) is 0 Å². The Bertz CT molecular complexity index is 507. The van der Waals surface area contributed by atoms with Gasteiger partial charge in [0.05, 0.1) is 12.1 Å². The molecule has 1 heterocycles. The Hall–Kier alpha value is -2.30. The van der Waals surface area contributed by atoms with E-state index < -0.39 is 0 Å². The third-order valence-electron chi connectivity index (χ3n) is 2.63. The standard InChI is InChI=1S/C13H16N4O/c1-14-12-6-3-2-5-11(12)13(18)15-8-10-17-9-4-7-16-17/h2-7,9,14H,8,10H2,1H3,(H,15,18). The SMILES string of the molecule is CNc1ccccc1C(=O)NCCn1cccn1. The first-order valence-corrected chi connectivity index (χ1v) is 5.83. The van der Waals surface area contributed by atoms with Gasteiger partial charge in [-0.1, -0.05) is 12.1 Å². The molecule has 0 spiro atoms. The number of hydrogen-bond donors (Lipinski definition) is 2. The molecule has 1 aromatic heterocycles. The summed E-state index contributed by atoms with van der Waals surface area (Å²) in [7, 11) is 1.80. The van der Waals surface area contributed by atoms with Crippen LogP contribution in [0, 0.1) is 0 Å². The molecule has 0 atom stereocenters. The van der Waals surface area contributed by atoms with Crippen LogP contribution < -0.4 is 10.6 Å². The number of nitrogens with zero attached hydrogens (tertiary/aromatic N) is 2. The average molecular weight is 244 g/mol. The van der Waals surface area contributed by atoms with Crippen molar-refractivity contribution in [1.29, 1.82) is 0 Å². The molecule has 0 saturated carbocycles. The van der Waals surface area contributed by atoms with Gasteiger partial charge in [0.1, 0.15) is 0 Å². The molecule has 0 fully saturated rings. The number of anilines is 1. The molecule has 0 unspecified atom stereocenters. The van der Waals surface area contributed by atoms with E-state index in [1.54, 1.807) is 24.0 Å². The van der Waals surface area contributed by atoms with Crippen molar-refractivity contribution in [2.45, 2.75) is 6.54 Å². The van der Waals surface area contributed by atoms with Gasteiger partial charge in [0.15, 0.2) is 0 Å². The predicted molar refractivity (Wildman–Crippen MR) is 70.5 cm³/mol. The Morgan fingerprint density at radius 3 is 2.89 bits per heavy atom. The van der Waals surface area contributed by atoms with Gasteiger partial charge in [-0.25, -0.2) is 0 Å². The maximum Gasteiger partial charge on any atom is 0.253 e. The van der Waals surface area contributed by atoms with Crippen LogP contribution in [0.15, 0.2) is 42.7 Å². The molecule has 5 heteroatoms. The monoisotopic (exact) mass is 244 g/mol. The molecule has 0 aliphatic rings. The summed E-state index contributed by atoms with van der Waals surface area (Å²) in [5, 5.41) is 9.95. The lowest BCUT2D eigenvalue weighted by molar-refractivity contribution is 0.0952. The first kappa shape index (κ1) is 12.2. The highest BCUT2D eigenvalue weighted by atomic mass is 16.1. The van der Waals surface area contributed by atoms with E-state index >= 15 is 0 Å². The molecule has 0 bridgehead atoms. The minimum Gasteiger partial charge on any atom is -0.387 e. The van der Waals surface area contributed by atoms with E-state index in [1.165, 1.54) is 0 Å². The molecule has 2 rings (SSSR count). The molecule has 1 amide bonds. The van der Waals surface area contributed by atoms with Crippen LogP contribution in [0.5, 0.6) is 0 Å². The lowest BCUT2D eigenvalue weighted by Gasteiger charge is -2.09. The van der Waals surface area contributed by atoms with Crippen LogP contribution in [-0.2, 0) is 6.54 Å². The second-order valence-electron chi connectivity index (χ2n) is 3.82. The molecule has 0 aliphatic carbocycles. The van der Waals surface area contributed by atoms with Crippen LogP contribution >= 0.6 is 0 Å². The first-order valence-electron chi connectivity index (χ1n) is 5.83. The molecule has 0 saturated heterocycles. The van der Waals surface area contributed by atoms with Crippen molar-refractivity contribution in [3.8, 4) is 0 Å². The van der Waals surface area contributed by atoms with Gasteiger partial charge in [-0.05, 0) is 18.2 Å². The number of nitrogens with one attached hydrogen (secondary N) is 2. The fourth-order valence-electron chi connectivity index (χ4n) is 1.71. The zero-order chi connectivity index (χ0) is 12.8. The first-order chi connectivity index (χ1) is 8.81. The van der Waals surface area contributed by atoms with Crippen molar-refractivity contribution in [1.82, 2.24) is 15.1 Å². The average Bonchev–Trinajstić information content (AvgIpc) is 2.91. The van der Waals surface area contributed by atoms with Gasteiger partial charge in [0, 0.05) is 31.7 Å². The van der Waals surface area contributed by atoms with Crippen LogP contribution in [0.1, 0.15) is 10.4 Å². The summed E-state index contributed by atoms with van der Waals surface area (Å²) in [4.78, 5) is 12.0. The normalized spacial score (nSPS) is 10.1. The number of rotatable bonds is 5. The summed E-state index contributed by atoms with van der Waals surface area (Å²) >= 11 is 0. The Morgan fingerprint density at radius 1 is 1.33 bits per heavy atom. The Balaban J connectivity index is 1.91. The smallest absolute Gasteiger partial charge is 0.253 e. The van der Waals surface area contributed by atoms with E-state index in [4.69, 9.17) is 0 Å². The largest absolute Gasteiger partial charge is 0.387 e. The highest BCUT2D eigenvalue weighted by molar-refractivity contribution is 5.99. The molecule has 1 aromatic carbocycles. The zero-order valence-corrected chi connectivity index (χ0v) is 10.3. The molecule has 18 heavy (non-hydrogen) atoms. The van der Waals surface area contributed by atoms with Crippen LogP contribution in [0.3, 0.4) is 0 Å². The molecule has 0 aliphatic heterocycles. The van der Waals surface area contributed by atoms with Gasteiger partial charge >= 0.3 is 0 Å². The number of benzene rings is 1. The van der Waals surface area contributed by atoms with E-state index in [9.17, 15) is 4.79 Å². The highest BCUT2D eigenvalue weighted by Crippen LogP contribution is 2.13. The van der Waals surface area contributed by atoms with Crippen molar-refractivity contribution in [3.05, 3.63) is 48.3 Å². The van der Waals surface area contributed by atoms with Gasteiger partial charge in [0.2, 0.25) is 0 Å². The van der Waals surface area contributed by atoms with E-state index in [1.807, 2.05) is 30.5 Å². The fourth-order valence-corrected chi connectivity index (χ4v) is 1.71. The second-order valence-corrected chi connectivity index (χ2v) is 3.82. The topological polar surface area (TPSA) is 59.0 Å². The van der Waals surface area contributed by atoms with Gasteiger partial charge in [-0.3, -0.25) is 9.48 Å². The van der Waals surface area contributed by atoms with Crippen LogP contribution in [0.4, 0.5) is 5.69 Å². The molecular formula is C13H16N4O. The molecule has 5 nitrogen and oxygen atoms in total. The van der Waals surface area contributed by atoms with E-state index in [0.717, 1.165) is 5.69 Å². The lowest BCUT2D eigenvalue weighted by atomic mass is 10.1. The summed E-state index contributed by atoms with van der Waals surface area (Å²) in [6.45, 7) is 1.22. The molecule has 2 N–H and O–H groups in total. The zero-order valence-electron chi connectivity index (χ0n) is 10.3. The number of para-hydroxylation sites is 1. The van der Waals surface area contributed by atoms with Crippen LogP contribution in [0.2, 0.25) is 0 Å². The Kier molecular flexibility index (Phi) is 3.96. The number of hydrogen-bond acceptors (Lipinski definition) is 3. The molecule has 2 aromatic rings. The highest BCUT2D eigenvalue weighted by Gasteiger charge is 2.08. The fraction of sp³-hybridized carbons (Fsp3) is 0.231. The van der Waals surface area contributed by atoms with Crippen LogP contribution in [-0.4, -0.2) is 29.3 Å². The maximum absolute atomic E-state index is 12.0. The Morgan fingerprint density at radius 2 is 2.17 bits per heavy atom. The number of carbonyl (C=O) groups excluding carboxylic acids is 1. The van der Waals surface area contributed by atoms with E-state index in [-0.39, 0.29) is 5.91 Å². The lowest BCUT2D eigenvalue weighted by Crippen LogP contribution is -2.27. The van der Waals surface area contributed by atoms with Crippen molar-refractivity contribution in [2.75, 3.05) is 18.9 Å². The second kappa shape index (κ2) is 5.86.